The fraction of sp³-hybridized carbons (Fsp3) is 0.263. The summed E-state index contributed by atoms with van der Waals surface area (Å²) in [7, 11) is 0. The number of anilines is 1. The molecule has 0 saturated carbocycles. The van der Waals surface area contributed by atoms with E-state index in [0.29, 0.717) is 17.8 Å². The third kappa shape index (κ3) is 2.90. The molecule has 1 aromatic carbocycles. The van der Waals surface area contributed by atoms with Gasteiger partial charge in [0.15, 0.2) is 11.5 Å². The van der Waals surface area contributed by atoms with Crippen molar-refractivity contribution in [1.82, 2.24) is 14.6 Å². The largest absolute Gasteiger partial charge is 0.514 e. The molecule has 0 spiro atoms. The molecule has 0 bridgehead atoms. The summed E-state index contributed by atoms with van der Waals surface area (Å²) in [5.41, 5.74) is 2.46. The Labute approximate surface area is 160 Å². The SMILES string of the molecule is CCOC(=O)Oc1cn2ncnc(C3C(=O)Nc4ccccc43)c2c1OCC. The molecule has 1 amide bonds. The molecule has 0 fully saturated rings. The van der Waals surface area contributed by atoms with Crippen molar-refractivity contribution in [2.24, 2.45) is 0 Å². The van der Waals surface area contributed by atoms with Crippen molar-refractivity contribution in [3.05, 3.63) is 48.0 Å². The van der Waals surface area contributed by atoms with Crippen LogP contribution in [0.25, 0.3) is 5.52 Å². The fourth-order valence-electron chi connectivity index (χ4n) is 3.27. The van der Waals surface area contributed by atoms with E-state index in [9.17, 15) is 9.59 Å². The van der Waals surface area contributed by atoms with Crippen LogP contribution in [0, 0.1) is 0 Å². The summed E-state index contributed by atoms with van der Waals surface area (Å²) >= 11 is 0. The Morgan fingerprint density at radius 3 is 2.86 bits per heavy atom. The molecule has 0 radical (unpaired) electrons. The maximum Gasteiger partial charge on any atom is 0.514 e. The Hall–Kier alpha value is -3.62. The van der Waals surface area contributed by atoms with Crippen molar-refractivity contribution in [3.8, 4) is 11.5 Å². The highest BCUT2D eigenvalue weighted by molar-refractivity contribution is 6.06. The van der Waals surface area contributed by atoms with Crippen molar-refractivity contribution >= 4 is 23.3 Å². The van der Waals surface area contributed by atoms with E-state index >= 15 is 0 Å². The minimum Gasteiger partial charge on any atom is -0.488 e. The van der Waals surface area contributed by atoms with Gasteiger partial charge >= 0.3 is 6.16 Å². The lowest BCUT2D eigenvalue weighted by atomic mass is 9.96. The second kappa shape index (κ2) is 7.18. The van der Waals surface area contributed by atoms with Gasteiger partial charge < -0.3 is 19.5 Å². The Bertz CT molecular complexity index is 1060. The summed E-state index contributed by atoms with van der Waals surface area (Å²) in [5.74, 6) is -0.401. The van der Waals surface area contributed by atoms with E-state index in [1.165, 1.54) is 17.0 Å². The molecular formula is C19H18N4O5. The number of rotatable bonds is 5. The van der Waals surface area contributed by atoms with Crippen LogP contribution in [-0.2, 0) is 9.53 Å². The first-order valence-electron chi connectivity index (χ1n) is 8.87. The highest BCUT2D eigenvalue weighted by Crippen LogP contribution is 2.42. The topological polar surface area (TPSA) is 104 Å². The maximum atomic E-state index is 12.7. The van der Waals surface area contributed by atoms with Crippen molar-refractivity contribution in [1.29, 1.82) is 0 Å². The average Bonchev–Trinajstić information content (AvgIpc) is 3.19. The van der Waals surface area contributed by atoms with Gasteiger partial charge in [-0.05, 0) is 25.5 Å². The number of amides is 1. The van der Waals surface area contributed by atoms with Crippen molar-refractivity contribution in [2.75, 3.05) is 18.5 Å². The van der Waals surface area contributed by atoms with Gasteiger partial charge in [0, 0.05) is 5.69 Å². The Kier molecular flexibility index (Phi) is 4.56. The maximum absolute atomic E-state index is 12.7. The lowest BCUT2D eigenvalue weighted by Crippen LogP contribution is -2.16. The molecule has 144 valence electrons. The highest BCUT2D eigenvalue weighted by Gasteiger charge is 2.36. The van der Waals surface area contributed by atoms with Crippen LogP contribution in [0.3, 0.4) is 0 Å². The first-order valence-corrected chi connectivity index (χ1v) is 8.87. The molecule has 0 aliphatic carbocycles. The second-order valence-electron chi connectivity index (χ2n) is 5.99. The lowest BCUT2D eigenvalue weighted by Gasteiger charge is -2.12. The fourth-order valence-corrected chi connectivity index (χ4v) is 3.27. The summed E-state index contributed by atoms with van der Waals surface area (Å²) in [4.78, 5) is 28.8. The predicted molar refractivity (Wildman–Crippen MR) is 98.7 cm³/mol. The molecule has 1 aliphatic heterocycles. The number of aromatic nitrogens is 3. The van der Waals surface area contributed by atoms with E-state index in [1.807, 2.05) is 24.3 Å². The third-order valence-electron chi connectivity index (χ3n) is 4.33. The number of carbonyl (C=O) groups excluding carboxylic acids is 2. The average molecular weight is 382 g/mol. The predicted octanol–water partition coefficient (Wildman–Crippen LogP) is 2.75. The van der Waals surface area contributed by atoms with E-state index in [-0.39, 0.29) is 24.0 Å². The smallest absolute Gasteiger partial charge is 0.488 e. The first kappa shape index (κ1) is 17.8. The van der Waals surface area contributed by atoms with Crippen molar-refractivity contribution in [3.63, 3.8) is 0 Å². The van der Waals surface area contributed by atoms with Crippen LogP contribution in [0.1, 0.15) is 31.0 Å². The number of hydrogen-bond acceptors (Lipinski definition) is 7. The number of ether oxygens (including phenoxy) is 3. The summed E-state index contributed by atoms with van der Waals surface area (Å²) in [6, 6.07) is 7.42. The number of hydrogen-bond donors (Lipinski definition) is 1. The molecule has 9 nitrogen and oxygen atoms in total. The normalized spacial score (nSPS) is 15.2. The molecule has 3 heterocycles. The molecule has 2 aromatic heterocycles. The number of benzene rings is 1. The second-order valence-corrected chi connectivity index (χ2v) is 5.99. The quantitative estimate of drug-likeness (QED) is 0.677. The Balaban J connectivity index is 1.87. The lowest BCUT2D eigenvalue weighted by molar-refractivity contribution is -0.116. The van der Waals surface area contributed by atoms with Gasteiger partial charge in [0.25, 0.3) is 0 Å². The number of nitrogens with zero attached hydrogens (tertiary/aromatic N) is 3. The van der Waals surface area contributed by atoms with Gasteiger partial charge in [-0.15, -0.1) is 0 Å². The van der Waals surface area contributed by atoms with E-state index in [0.717, 1.165) is 11.3 Å². The number of para-hydroxylation sites is 1. The van der Waals surface area contributed by atoms with Gasteiger partial charge in [-0.3, -0.25) is 4.79 Å². The minimum atomic E-state index is -0.849. The van der Waals surface area contributed by atoms with Crippen LogP contribution in [-0.4, -0.2) is 39.9 Å². The Morgan fingerprint density at radius 2 is 2.07 bits per heavy atom. The molecule has 28 heavy (non-hydrogen) atoms. The molecule has 1 atom stereocenters. The molecule has 1 N–H and O–H groups in total. The first-order chi connectivity index (χ1) is 13.6. The summed E-state index contributed by atoms with van der Waals surface area (Å²) < 4.78 is 17.3. The molecule has 9 heteroatoms. The van der Waals surface area contributed by atoms with Crippen LogP contribution < -0.4 is 14.8 Å². The van der Waals surface area contributed by atoms with Crippen molar-refractivity contribution < 1.29 is 23.8 Å². The van der Waals surface area contributed by atoms with E-state index in [1.54, 1.807) is 13.8 Å². The summed E-state index contributed by atoms with van der Waals surface area (Å²) in [5, 5.41) is 7.04. The van der Waals surface area contributed by atoms with E-state index in [2.05, 4.69) is 15.4 Å². The molecule has 3 aromatic rings. The molecule has 0 saturated heterocycles. The number of fused-ring (bicyclic) bond motifs is 2. The van der Waals surface area contributed by atoms with Crippen LogP contribution in [0.4, 0.5) is 10.5 Å². The zero-order valence-electron chi connectivity index (χ0n) is 15.3. The van der Waals surface area contributed by atoms with Crippen LogP contribution >= 0.6 is 0 Å². The summed E-state index contributed by atoms with van der Waals surface area (Å²) in [6.07, 6.45) is 2.00. The number of carbonyl (C=O) groups is 2. The monoisotopic (exact) mass is 382 g/mol. The Morgan fingerprint density at radius 1 is 1.25 bits per heavy atom. The summed E-state index contributed by atoms with van der Waals surface area (Å²) in [6.45, 7) is 3.99. The molecule has 1 aliphatic rings. The zero-order chi connectivity index (χ0) is 19.7. The van der Waals surface area contributed by atoms with Gasteiger partial charge in [0.05, 0.1) is 25.1 Å². The third-order valence-corrected chi connectivity index (χ3v) is 4.33. The standard InChI is InChI=1S/C19H18N4O5/c1-3-26-17-13(28-19(25)27-4-2)9-23-16(17)15(20-10-21-23)14-11-7-5-6-8-12(11)22-18(14)24/h5-10,14H,3-4H2,1-2H3,(H,22,24). The van der Waals surface area contributed by atoms with Gasteiger partial charge in [0.2, 0.25) is 5.91 Å². The number of nitrogens with one attached hydrogen (secondary N) is 1. The van der Waals surface area contributed by atoms with E-state index in [4.69, 9.17) is 14.2 Å². The molecular weight excluding hydrogens is 364 g/mol. The minimum absolute atomic E-state index is 0.147. The van der Waals surface area contributed by atoms with E-state index < -0.39 is 12.1 Å². The van der Waals surface area contributed by atoms with Crippen molar-refractivity contribution in [2.45, 2.75) is 19.8 Å². The van der Waals surface area contributed by atoms with Gasteiger partial charge in [-0.2, -0.15) is 5.10 Å². The highest BCUT2D eigenvalue weighted by atomic mass is 16.7. The van der Waals surface area contributed by atoms with Crippen LogP contribution in [0.5, 0.6) is 11.5 Å². The molecule has 1 unspecified atom stereocenters. The van der Waals surface area contributed by atoms with Gasteiger partial charge in [0.1, 0.15) is 17.8 Å². The van der Waals surface area contributed by atoms with Gasteiger partial charge in [-0.1, -0.05) is 18.2 Å². The zero-order valence-corrected chi connectivity index (χ0v) is 15.3. The van der Waals surface area contributed by atoms with Crippen LogP contribution in [0.2, 0.25) is 0 Å². The van der Waals surface area contributed by atoms with Crippen LogP contribution in [0.15, 0.2) is 36.8 Å². The molecule has 4 rings (SSSR count). The van der Waals surface area contributed by atoms with Gasteiger partial charge in [-0.25, -0.2) is 14.3 Å².